The van der Waals surface area contributed by atoms with E-state index in [9.17, 15) is 9.59 Å². The molecular formula is C26H23NO5. The van der Waals surface area contributed by atoms with Crippen LogP contribution in [0.15, 0.2) is 78.9 Å². The van der Waals surface area contributed by atoms with Gasteiger partial charge in [0.25, 0.3) is 0 Å². The lowest BCUT2D eigenvalue weighted by atomic mass is 9.98. The van der Waals surface area contributed by atoms with Crippen molar-refractivity contribution < 1.29 is 24.2 Å². The highest BCUT2D eigenvalue weighted by molar-refractivity contribution is 5.79. The Morgan fingerprint density at radius 1 is 0.906 bits per heavy atom. The molecule has 162 valence electrons. The molecule has 0 aliphatic heterocycles. The first kappa shape index (κ1) is 21.2. The molecule has 0 bridgehead atoms. The molecule has 0 radical (unpaired) electrons. The van der Waals surface area contributed by atoms with Gasteiger partial charge in [-0.3, -0.25) is 0 Å². The van der Waals surface area contributed by atoms with Crippen molar-refractivity contribution in [3.63, 3.8) is 0 Å². The van der Waals surface area contributed by atoms with Crippen LogP contribution in [0.3, 0.4) is 0 Å². The van der Waals surface area contributed by atoms with E-state index in [0.717, 1.165) is 5.56 Å². The number of aliphatic carboxylic acids is 1. The number of carbonyl (C=O) groups is 2. The molecule has 0 atom stereocenters. The zero-order valence-corrected chi connectivity index (χ0v) is 17.4. The maximum atomic E-state index is 12.2. The first-order chi connectivity index (χ1) is 15.6. The Bertz CT molecular complexity index is 1110. The molecule has 32 heavy (non-hydrogen) atoms. The second-order valence-corrected chi connectivity index (χ2v) is 7.33. The van der Waals surface area contributed by atoms with Crippen LogP contribution < -0.4 is 10.1 Å². The van der Waals surface area contributed by atoms with Crippen LogP contribution >= 0.6 is 0 Å². The van der Waals surface area contributed by atoms with Gasteiger partial charge in [0.05, 0.1) is 0 Å². The first-order valence-electron chi connectivity index (χ1n) is 10.3. The van der Waals surface area contributed by atoms with Gasteiger partial charge in [-0.1, -0.05) is 78.9 Å². The van der Waals surface area contributed by atoms with Crippen molar-refractivity contribution in [2.45, 2.75) is 5.92 Å². The van der Waals surface area contributed by atoms with Crippen molar-refractivity contribution in [2.75, 3.05) is 19.8 Å². The van der Waals surface area contributed by atoms with Crippen LogP contribution in [0.2, 0.25) is 0 Å². The highest BCUT2D eigenvalue weighted by Crippen LogP contribution is 2.44. The molecule has 0 heterocycles. The van der Waals surface area contributed by atoms with Crippen LogP contribution in [0.25, 0.3) is 17.2 Å². The SMILES string of the molecule is O=C(O)COc1ccccc1C=CCNC(=O)OCC1c2ccccc2-c2ccccc21. The summed E-state index contributed by atoms with van der Waals surface area (Å²) >= 11 is 0. The third-order valence-corrected chi connectivity index (χ3v) is 5.28. The Labute approximate surface area is 186 Å². The lowest BCUT2D eigenvalue weighted by Gasteiger charge is -2.14. The molecule has 3 aromatic rings. The molecule has 6 heteroatoms. The summed E-state index contributed by atoms with van der Waals surface area (Å²) in [5.41, 5.74) is 5.43. The fourth-order valence-electron chi connectivity index (χ4n) is 3.87. The maximum Gasteiger partial charge on any atom is 0.407 e. The molecule has 0 aromatic heterocycles. The van der Waals surface area contributed by atoms with Crippen molar-refractivity contribution in [3.8, 4) is 16.9 Å². The molecular weight excluding hydrogens is 406 g/mol. The number of fused-ring (bicyclic) bond motifs is 3. The molecule has 0 spiro atoms. The normalized spacial score (nSPS) is 12.2. The Kier molecular flexibility index (Phi) is 6.51. The van der Waals surface area contributed by atoms with E-state index in [4.69, 9.17) is 14.6 Å². The van der Waals surface area contributed by atoms with E-state index >= 15 is 0 Å². The quantitative estimate of drug-likeness (QED) is 0.542. The molecule has 6 nitrogen and oxygen atoms in total. The summed E-state index contributed by atoms with van der Waals surface area (Å²) in [5.74, 6) is -0.560. The smallest absolute Gasteiger partial charge is 0.407 e. The third kappa shape index (κ3) is 4.81. The molecule has 0 saturated carbocycles. The fourth-order valence-corrected chi connectivity index (χ4v) is 3.87. The van der Waals surface area contributed by atoms with Gasteiger partial charge in [0.15, 0.2) is 6.61 Å². The average Bonchev–Trinajstić information content (AvgIpc) is 3.13. The second kappa shape index (κ2) is 9.83. The Hall–Kier alpha value is -4.06. The van der Waals surface area contributed by atoms with Gasteiger partial charge < -0.3 is 19.9 Å². The van der Waals surface area contributed by atoms with Crippen LogP contribution in [0.4, 0.5) is 4.79 Å². The van der Waals surface area contributed by atoms with Gasteiger partial charge in [-0.05, 0) is 28.3 Å². The highest BCUT2D eigenvalue weighted by Gasteiger charge is 2.28. The number of alkyl carbamates (subject to hydrolysis) is 1. The molecule has 0 unspecified atom stereocenters. The highest BCUT2D eigenvalue weighted by atomic mass is 16.5. The van der Waals surface area contributed by atoms with E-state index in [2.05, 4.69) is 29.6 Å². The molecule has 0 saturated heterocycles. The number of benzene rings is 3. The molecule has 1 amide bonds. The van der Waals surface area contributed by atoms with E-state index in [1.54, 1.807) is 30.4 Å². The predicted molar refractivity (Wildman–Crippen MR) is 122 cm³/mol. The fraction of sp³-hybridized carbons (Fsp3) is 0.154. The minimum absolute atomic E-state index is 0.0157. The van der Waals surface area contributed by atoms with Gasteiger partial charge in [0.1, 0.15) is 12.4 Å². The minimum atomic E-state index is -1.04. The van der Waals surface area contributed by atoms with Crippen molar-refractivity contribution in [2.24, 2.45) is 0 Å². The lowest BCUT2D eigenvalue weighted by molar-refractivity contribution is -0.139. The Morgan fingerprint density at radius 3 is 2.22 bits per heavy atom. The number of hydrogen-bond donors (Lipinski definition) is 2. The van der Waals surface area contributed by atoms with Gasteiger partial charge in [-0.15, -0.1) is 0 Å². The second-order valence-electron chi connectivity index (χ2n) is 7.33. The van der Waals surface area contributed by atoms with Crippen molar-refractivity contribution in [1.29, 1.82) is 0 Å². The Balaban J connectivity index is 1.31. The van der Waals surface area contributed by atoms with Crippen LogP contribution in [-0.4, -0.2) is 36.9 Å². The summed E-state index contributed by atoms with van der Waals surface area (Å²) in [6, 6.07) is 23.5. The van der Waals surface area contributed by atoms with E-state index < -0.39 is 18.7 Å². The predicted octanol–water partition coefficient (Wildman–Crippen LogP) is 4.70. The third-order valence-electron chi connectivity index (χ3n) is 5.28. The van der Waals surface area contributed by atoms with Crippen LogP contribution in [0.5, 0.6) is 5.75 Å². The monoisotopic (exact) mass is 429 g/mol. The van der Waals surface area contributed by atoms with Gasteiger partial charge >= 0.3 is 12.1 Å². The number of nitrogens with one attached hydrogen (secondary N) is 1. The van der Waals surface area contributed by atoms with E-state index in [1.165, 1.54) is 22.3 Å². The largest absolute Gasteiger partial charge is 0.481 e. The minimum Gasteiger partial charge on any atom is -0.481 e. The standard InChI is InChI=1S/C26H23NO5/c28-25(29)17-31-24-14-6-1-8-18(24)9-7-15-27-26(30)32-16-23-21-12-4-2-10-19(21)20-11-3-5-13-22(20)23/h1-14,23H,15-17H2,(H,27,30)(H,28,29). The van der Waals surface area contributed by atoms with Crippen molar-refractivity contribution in [1.82, 2.24) is 5.32 Å². The van der Waals surface area contributed by atoms with E-state index in [-0.39, 0.29) is 19.1 Å². The molecule has 0 fully saturated rings. The zero-order chi connectivity index (χ0) is 22.3. The number of para-hydroxylation sites is 1. The van der Waals surface area contributed by atoms with E-state index in [1.807, 2.05) is 30.3 Å². The Morgan fingerprint density at radius 2 is 1.53 bits per heavy atom. The number of amides is 1. The lowest BCUT2D eigenvalue weighted by Crippen LogP contribution is -2.26. The van der Waals surface area contributed by atoms with Crippen LogP contribution in [-0.2, 0) is 9.53 Å². The van der Waals surface area contributed by atoms with E-state index in [0.29, 0.717) is 5.75 Å². The topological polar surface area (TPSA) is 84.9 Å². The summed E-state index contributed by atoms with van der Waals surface area (Å²) in [5, 5.41) is 11.5. The van der Waals surface area contributed by atoms with Crippen LogP contribution in [0.1, 0.15) is 22.6 Å². The maximum absolute atomic E-state index is 12.2. The number of hydrogen-bond acceptors (Lipinski definition) is 4. The number of carbonyl (C=O) groups excluding carboxylic acids is 1. The van der Waals surface area contributed by atoms with Gasteiger partial charge in [-0.25, -0.2) is 9.59 Å². The first-order valence-corrected chi connectivity index (χ1v) is 10.3. The molecule has 3 aromatic carbocycles. The number of ether oxygens (including phenoxy) is 2. The molecule has 2 N–H and O–H groups in total. The molecule has 1 aliphatic rings. The van der Waals surface area contributed by atoms with Gasteiger partial charge in [0, 0.05) is 18.0 Å². The molecule has 4 rings (SSSR count). The summed E-state index contributed by atoms with van der Waals surface area (Å²) in [7, 11) is 0. The summed E-state index contributed by atoms with van der Waals surface area (Å²) in [4.78, 5) is 22.9. The number of carboxylic acids is 1. The summed E-state index contributed by atoms with van der Waals surface area (Å²) in [6.07, 6.45) is 3.03. The number of carboxylic acid groups (broad SMARTS) is 1. The van der Waals surface area contributed by atoms with Crippen LogP contribution in [0, 0.1) is 0 Å². The van der Waals surface area contributed by atoms with Gasteiger partial charge in [-0.2, -0.15) is 0 Å². The van der Waals surface area contributed by atoms with Gasteiger partial charge in [0.2, 0.25) is 0 Å². The average molecular weight is 429 g/mol. The zero-order valence-electron chi connectivity index (χ0n) is 17.4. The van der Waals surface area contributed by atoms with Crippen molar-refractivity contribution in [3.05, 3.63) is 95.6 Å². The summed E-state index contributed by atoms with van der Waals surface area (Å²) in [6.45, 7) is 0.113. The van der Waals surface area contributed by atoms with Crippen molar-refractivity contribution >= 4 is 18.1 Å². The molecule has 1 aliphatic carbocycles. The number of rotatable bonds is 8. The summed E-state index contributed by atoms with van der Waals surface area (Å²) < 4.78 is 10.8.